The number of rotatable bonds is 6. The predicted molar refractivity (Wildman–Crippen MR) is 103 cm³/mol. The van der Waals surface area contributed by atoms with Crippen LogP contribution in [0.1, 0.15) is 41.6 Å². The smallest absolute Gasteiger partial charge is 0.253 e. The minimum atomic E-state index is -0.343. The molecule has 0 atom stereocenters. The Morgan fingerprint density at radius 3 is 2.27 bits per heavy atom. The van der Waals surface area contributed by atoms with E-state index in [9.17, 15) is 9.59 Å². The molecule has 2 N–H and O–H groups in total. The van der Waals surface area contributed by atoms with Crippen LogP contribution in [0.2, 0.25) is 5.02 Å². The average molecular weight is 371 g/mol. The molecule has 2 amide bonds. The van der Waals surface area contributed by atoms with E-state index >= 15 is 0 Å². The van der Waals surface area contributed by atoms with E-state index in [1.54, 1.807) is 24.3 Å². The lowest BCUT2D eigenvalue weighted by atomic mass is 9.79. The molecule has 4 nitrogen and oxygen atoms in total. The summed E-state index contributed by atoms with van der Waals surface area (Å²) in [7, 11) is 0. The monoisotopic (exact) mass is 370 g/mol. The number of amides is 2. The second-order valence-electron chi connectivity index (χ2n) is 6.79. The molecule has 0 aliphatic heterocycles. The second-order valence-corrected chi connectivity index (χ2v) is 7.20. The number of benzene rings is 2. The molecule has 2 aromatic rings. The summed E-state index contributed by atoms with van der Waals surface area (Å²) >= 11 is 6.01. The number of halogens is 1. The van der Waals surface area contributed by atoms with E-state index in [0.29, 0.717) is 17.1 Å². The number of hydrogen-bond donors (Lipinski definition) is 2. The summed E-state index contributed by atoms with van der Waals surface area (Å²) in [6.45, 7) is 0.534. The van der Waals surface area contributed by atoms with Crippen molar-refractivity contribution in [3.8, 4) is 0 Å². The summed E-state index contributed by atoms with van der Waals surface area (Å²) in [5, 5.41) is 6.00. The predicted octanol–water partition coefficient (Wildman–Crippen LogP) is 3.70. The summed E-state index contributed by atoms with van der Waals surface area (Å²) in [5.41, 5.74) is 1.65. The Hall–Kier alpha value is -2.33. The van der Waals surface area contributed by atoms with E-state index in [1.165, 1.54) is 18.4 Å². The van der Waals surface area contributed by atoms with Crippen LogP contribution in [-0.2, 0) is 10.2 Å². The minimum absolute atomic E-state index is 0.00364. The molecule has 2 aromatic carbocycles. The SMILES string of the molecule is O=C(CNC(=O)c1ccccc1Cl)NCC1(c2ccccc2)CCCC1. The third-order valence-corrected chi connectivity index (χ3v) is 5.43. The first-order valence-electron chi connectivity index (χ1n) is 8.96. The fourth-order valence-electron chi connectivity index (χ4n) is 3.64. The molecule has 0 saturated heterocycles. The van der Waals surface area contributed by atoms with Crippen LogP contribution in [0.5, 0.6) is 0 Å². The lowest BCUT2D eigenvalue weighted by Gasteiger charge is -2.30. The fraction of sp³-hybridized carbons (Fsp3) is 0.333. The van der Waals surface area contributed by atoms with Gasteiger partial charge in [0.15, 0.2) is 0 Å². The van der Waals surface area contributed by atoms with Crippen molar-refractivity contribution in [2.45, 2.75) is 31.1 Å². The van der Waals surface area contributed by atoms with Crippen LogP contribution in [0.4, 0.5) is 0 Å². The standard InChI is InChI=1S/C21H23ClN2O2/c22-18-11-5-4-10-17(18)20(26)23-14-19(25)24-15-21(12-6-7-13-21)16-8-2-1-3-9-16/h1-5,8-11H,6-7,12-15H2,(H,23,26)(H,24,25). The maximum atomic E-state index is 12.2. The molecule has 3 rings (SSSR count). The first kappa shape index (κ1) is 18.5. The van der Waals surface area contributed by atoms with Crippen molar-refractivity contribution >= 4 is 23.4 Å². The van der Waals surface area contributed by atoms with Gasteiger partial charge < -0.3 is 10.6 Å². The van der Waals surface area contributed by atoms with Crippen LogP contribution in [0.25, 0.3) is 0 Å². The van der Waals surface area contributed by atoms with Crippen molar-refractivity contribution in [3.05, 3.63) is 70.7 Å². The van der Waals surface area contributed by atoms with E-state index < -0.39 is 0 Å². The Bertz CT molecular complexity index is 771. The fourth-order valence-corrected chi connectivity index (χ4v) is 3.86. The van der Waals surface area contributed by atoms with Crippen molar-refractivity contribution in [2.24, 2.45) is 0 Å². The van der Waals surface area contributed by atoms with Crippen LogP contribution in [-0.4, -0.2) is 24.9 Å². The quantitative estimate of drug-likeness (QED) is 0.814. The molecule has 0 spiro atoms. The van der Waals surface area contributed by atoms with Crippen molar-refractivity contribution in [1.82, 2.24) is 10.6 Å². The molecule has 0 radical (unpaired) electrons. The first-order valence-corrected chi connectivity index (χ1v) is 9.33. The summed E-state index contributed by atoms with van der Waals surface area (Å²) in [4.78, 5) is 24.4. The van der Waals surface area contributed by atoms with Gasteiger partial charge in [-0.1, -0.05) is 66.9 Å². The van der Waals surface area contributed by atoms with Crippen molar-refractivity contribution in [1.29, 1.82) is 0 Å². The Kier molecular flexibility index (Phi) is 5.94. The molecule has 0 aromatic heterocycles. The van der Waals surface area contributed by atoms with Gasteiger partial charge in [0.25, 0.3) is 5.91 Å². The van der Waals surface area contributed by atoms with Crippen molar-refractivity contribution in [2.75, 3.05) is 13.1 Å². The molecule has 136 valence electrons. The molecule has 1 fully saturated rings. The molecular weight excluding hydrogens is 348 g/mol. The topological polar surface area (TPSA) is 58.2 Å². The summed E-state index contributed by atoms with van der Waals surface area (Å²) in [5.74, 6) is -0.531. The van der Waals surface area contributed by atoms with Gasteiger partial charge in [-0.2, -0.15) is 0 Å². The first-order chi connectivity index (χ1) is 12.6. The summed E-state index contributed by atoms with van der Waals surface area (Å²) in [6.07, 6.45) is 4.49. The third-order valence-electron chi connectivity index (χ3n) is 5.10. The maximum Gasteiger partial charge on any atom is 0.253 e. The molecule has 0 unspecified atom stereocenters. The lowest BCUT2D eigenvalue weighted by molar-refractivity contribution is -0.120. The highest BCUT2D eigenvalue weighted by molar-refractivity contribution is 6.33. The summed E-state index contributed by atoms with van der Waals surface area (Å²) in [6, 6.07) is 17.2. The lowest BCUT2D eigenvalue weighted by Crippen LogP contribution is -2.43. The van der Waals surface area contributed by atoms with E-state index in [1.807, 2.05) is 18.2 Å². The molecule has 1 aliphatic carbocycles. The van der Waals surface area contributed by atoms with Gasteiger partial charge in [-0.05, 0) is 30.5 Å². The van der Waals surface area contributed by atoms with Crippen LogP contribution >= 0.6 is 11.6 Å². The van der Waals surface area contributed by atoms with E-state index in [-0.39, 0.29) is 23.8 Å². The van der Waals surface area contributed by atoms with Gasteiger partial charge >= 0.3 is 0 Å². The highest BCUT2D eigenvalue weighted by Crippen LogP contribution is 2.40. The molecule has 1 saturated carbocycles. The third kappa shape index (κ3) is 4.25. The van der Waals surface area contributed by atoms with E-state index in [2.05, 4.69) is 22.8 Å². The number of hydrogen-bond acceptors (Lipinski definition) is 2. The van der Waals surface area contributed by atoms with Gasteiger partial charge in [0.05, 0.1) is 17.1 Å². The largest absolute Gasteiger partial charge is 0.354 e. The molecule has 0 bridgehead atoms. The summed E-state index contributed by atoms with van der Waals surface area (Å²) < 4.78 is 0. The van der Waals surface area contributed by atoms with Crippen molar-refractivity contribution < 1.29 is 9.59 Å². The van der Waals surface area contributed by atoms with E-state index in [0.717, 1.165) is 12.8 Å². The van der Waals surface area contributed by atoms with Gasteiger partial charge in [0.2, 0.25) is 5.91 Å². The molecule has 5 heteroatoms. The zero-order valence-corrected chi connectivity index (χ0v) is 15.4. The zero-order chi connectivity index (χ0) is 18.4. The Labute approximate surface area is 158 Å². The second kappa shape index (κ2) is 8.37. The Balaban J connectivity index is 1.55. The van der Waals surface area contributed by atoms with Crippen LogP contribution in [0, 0.1) is 0 Å². The van der Waals surface area contributed by atoms with Gasteiger partial charge in [0, 0.05) is 12.0 Å². The van der Waals surface area contributed by atoms with Crippen LogP contribution in [0.15, 0.2) is 54.6 Å². The maximum absolute atomic E-state index is 12.2. The molecule has 26 heavy (non-hydrogen) atoms. The Morgan fingerprint density at radius 2 is 1.58 bits per heavy atom. The molecular formula is C21H23ClN2O2. The van der Waals surface area contributed by atoms with Crippen LogP contribution < -0.4 is 10.6 Å². The average Bonchev–Trinajstić information content (AvgIpc) is 3.16. The molecule has 0 heterocycles. The van der Waals surface area contributed by atoms with Crippen molar-refractivity contribution in [3.63, 3.8) is 0 Å². The number of nitrogens with one attached hydrogen (secondary N) is 2. The molecule has 1 aliphatic rings. The number of carbonyl (C=O) groups excluding carboxylic acids is 2. The highest BCUT2D eigenvalue weighted by Gasteiger charge is 2.35. The highest BCUT2D eigenvalue weighted by atomic mass is 35.5. The van der Waals surface area contributed by atoms with Gasteiger partial charge in [-0.3, -0.25) is 9.59 Å². The number of carbonyl (C=O) groups is 2. The van der Waals surface area contributed by atoms with Gasteiger partial charge in [0.1, 0.15) is 0 Å². The van der Waals surface area contributed by atoms with Gasteiger partial charge in [-0.15, -0.1) is 0 Å². The van der Waals surface area contributed by atoms with E-state index in [4.69, 9.17) is 11.6 Å². The normalized spacial score (nSPS) is 15.4. The van der Waals surface area contributed by atoms with Gasteiger partial charge in [-0.25, -0.2) is 0 Å². The Morgan fingerprint density at radius 1 is 0.923 bits per heavy atom. The van der Waals surface area contributed by atoms with Crippen LogP contribution in [0.3, 0.4) is 0 Å². The zero-order valence-electron chi connectivity index (χ0n) is 14.6. The minimum Gasteiger partial charge on any atom is -0.354 e.